The van der Waals surface area contributed by atoms with E-state index in [1.165, 1.54) is 10.8 Å². The number of fused-ring (bicyclic) bond motifs is 3. The van der Waals surface area contributed by atoms with Crippen LogP contribution in [0.15, 0.2) is 52.0 Å². The van der Waals surface area contributed by atoms with E-state index in [1.807, 2.05) is 28.9 Å². The second-order valence-electron chi connectivity index (χ2n) is 3.63. The molecule has 0 aliphatic carbocycles. The molecule has 0 amide bonds. The molecule has 1 aromatic heterocycles. The number of para-hydroxylation sites is 1. The Labute approximate surface area is 101 Å². The van der Waals surface area contributed by atoms with Gasteiger partial charge in [0.1, 0.15) is 0 Å². The third kappa shape index (κ3) is 1.21. The Bertz CT molecular complexity index is 698. The van der Waals surface area contributed by atoms with E-state index in [9.17, 15) is 0 Å². The predicted molar refractivity (Wildman–Crippen MR) is 72.1 cm³/mol. The third-order valence-electron chi connectivity index (χ3n) is 2.75. The summed E-state index contributed by atoms with van der Waals surface area (Å²) in [6.07, 6.45) is 0. The summed E-state index contributed by atoms with van der Waals surface area (Å²) in [5.41, 5.74) is 2.17. The van der Waals surface area contributed by atoms with E-state index in [0.29, 0.717) is 0 Å². The first-order valence-corrected chi connectivity index (χ1v) is 5.76. The number of rotatable bonds is 1. The largest absolute Gasteiger partial charge is 0.233 e. The molecule has 0 unspecified atom stereocenters. The third-order valence-corrected chi connectivity index (χ3v) is 3.24. The quantitative estimate of drug-likeness (QED) is 0.596. The Kier molecular flexibility index (Phi) is 2.07. The summed E-state index contributed by atoms with van der Waals surface area (Å²) in [6, 6.07) is 14.4. The standard InChI is InChI=1S/C13H9BrN2/c1-15-16-12-5-3-2-4-10(12)11-8-9(14)6-7-13(11)16/h2-8H,1H2. The van der Waals surface area contributed by atoms with Gasteiger partial charge in [-0.1, -0.05) is 34.1 Å². The average Bonchev–Trinajstić information content (AvgIpc) is 2.62. The average molecular weight is 273 g/mol. The van der Waals surface area contributed by atoms with E-state index < -0.39 is 0 Å². The second-order valence-corrected chi connectivity index (χ2v) is 4.55. The van der Waals surface area contributed by atoms with Crippen molar-refractivity contribution in [2.75, 3.05) is 0 Å². The normalized spacial score (nSPS) is 11.1. The molecule has 0 radical (unpaired) electrons. The molecule has 2 nitrogen and oxygen atoms in total. The predicted octanol–water partition coefficient (Wildman–Crippen LogP) is 4.02. The molecule has 0 N–H and O–H groups in total. The maximum absolute atomic E-state index is 4.07. The van der Waals surface area contributed by atoms with Gasteiger partial charge in [-0.05, 0) is 24.3 Å². The summed E-state index contributed by atoms with van der Waals surface area (Å²) in [5.74, 6) is 0. The maximum Gasteiger partial charge on any atom is 0.0732 e. The lowest BCUT2D eigenvalue weighted by atomic mass is 10.2. The van der Waals surface area contributed by atoms with Crippen LogP contribution >= 0.6 is 15.9 Å². The van der Waals surface area contributed by atoms with Crippen LogP contribution in [-0.4, -0.2) is 11.4 Å². The molecule has 0 bridgehead atoms. The van der Waals surface area contributed by atoms with Gasteiger partial charge in [0, 0.05) is 22.0 Å². The van der Waals surface area contributed by atoms with Gasteiger partial charge < -0.3 is 0 Å². The molecule has 0 fully saturated rings. The molecule has 2 aromatic carbocycles. The van der Waals surface area contributed by atoms with Crippen LogP contribution in [0.5, 0.6) is 0 Å². The van der Waals surface area contributed by atoms with Gasteiger partial charge in [-0.2, -0.15) is 5.10 Å². The molecule has 0 aliphatic rings. The van der Waals surface area contributed by atoms with E-state index in [-0.39, 0.29) is 0 Å². The van der Waals surface area contributed by atoms with Crippen LogP contribution < -0.4 is 0 Å². The van der Waals surface area contributed by atoms with Crippen LogP contribution in [0.25, 0.3) is 21.8 Å². The number of benzene rings is 2. The summed E-state index contributed by atoms with van der Waals surface area (Å²) < 4.78 is 2.95. The van der Waals surface area contributed by atoms with Crippen molar-refractivity contribution in [3.63, 3.8) is 0 Å². The minimum atomic E-state index is 1.08. The van der Waals surface area contributed by atoms with Crippen LogP contribution in [0.1, 0.15) is 0 Å². The lowest BCUT2D eigenvalue weighted by molar-refractivity contribution is 0.981. The molecule has 3 rings (SSSR count). The topological polar surface area (TPSA) is 17.3 Å². The zero-order chi connectivity index (χ0) is 11.1. The van der Waals surface area contributed by atoms with Crippen molar-refractivity contribution in [1.82, 2.24) is 4.68 Å². The summed E-state index contributed by atoms with van der Waals surface area (Å²) in [6.45, 7) is 3.63. The van der Waals surface area contributed by atoms with Crippen molar-refractivity contribution in [3.8, 4) is 0 Å². The number of nitrogens with zero attached hydrogens (tertiary/aromatic N) is 2. The van der Waals surface area contributed by atoms with Crippen LogP contribution in [-0.2, 0) is 0 Å². The summed E-state index contributed by atoms with van der Waals surface area (Å²) in [4.78, 5) is 0. The minimum Gasteiger partial charge on any atom is -0.233 e. The van der Waals surface area contributed by atoms with Crippen molar-refractivity contribution >= 4 is 44.5 Å². The van der Waals surface area contributed by atoms with Gasteiger partial charge >= 0.3 is 0 Å². The lowest BCUT2D eigenvalue weighted by Crippen LogP contribution is -1.85. The molecule has 3 aromatic rings. The highest BCUT2D eigenvalue weighted by atomic mass is 79.9. The smallest absolute Gasteiger partial charge is 0.0732 e. The van der Waals surface area contributed by atoms with Crippen LogP contribution in [0.2, 0.25) is 0 Å². The van der Waals surface area contributed by atoms with E-state index in [2.05, 4.69) is 45.9 Å². The molecule has 16 heavy (non-hydrogen) atoms. The first kappa shape index (κ1) is 9.60. The van der Waals surface area contributed by atoms with Crippen LogP contribution in [0.3, 0.4) is 0 Å². The fraction of sp³-hybridized carbons (Fsp3) is 0. The molecule has 0 aliphatic heterocycles. The molecule has 1 heterocycles. The van der Waals surface area contributed by atoms with Gasteiger partial charge in [0.05, 0.1) is 11.0 Å². The maximum atomic E-state index is 4.07. The van der Waals surface area contributed by atoms with Gasteiger partial charge in [-0.25, -0.2) is 4.68 Å². The number of hydrogen-bond donors (Lipinski definition) is 0. The highest BCUT2D eigenvalue weighted by Gasteiger charge is 2.08. The van der Waals surface area contributed by atoms with Gasteiger partial charge in [0.2, 0.25) is 0 Å². The van der Waals surface area contributed by atoms with Gasteiger partial charge in [-0.15, -0.1) is 0 Å². The number of aromatic nitrogens is 1. The van der Waals surface area contributed by atoms with E-state index in [1.54, 1.807) is 0 Å². The molecule has 0 saturated carbocycles. The Morgan fingerprint density at radius 1 is 1.00 bits per heavy atom. The van der Waals surface area contributed by atoms with Crippen LogP contribution in [0.4, 0.5) is 0 Å². The molecule has 3 heteroatoms. The van der Waals surface area contributed by atoms with Crippen molar-refractivity contribution in [1.29, 1.82) is 0 Å². The van der Waals surface area contributed by atoms with Gasteiger partial charge in [0.25, 0.3) is 0 Å². The van der Waals surface area contributed by atoms with Gasteiger partial charge in [-0.3, -0.25) is 0 Å². The highest BCUT2D eigenvalue weighted by Crippen LogP contribution is 2.30. The number of hydrogen-bond acceptors (Lipinski definition) is 1. The number of halogens is 1. The van der Waals surface area contributed by atoms with Crippen molar-refractivity contribution in [2.24, 2.45) is 5.10 Å². The van der Waals surface area contributed by atoms with E-state index in [4.69, 9.17) is 0 Å². The van der Waals surface area contributed by atoms with Gasteiger partial charge in [0.15, 0.2) is 0 Å². The molecule has 0 saturated heterocycles. The SMILES string of the molecule is C=Nn1c2ccccc2c2cc(Br)ccc21. The summed E-state index contributed by atoms with van der Waals surface area (Å²) >= 11 is 3.49. The molecule has 0 spiro atoms. The minimum absolute atomic E-state index is 1.08. The fourth-order valence-corrected chi connectivity index (χ4v) is 2.44. The summed E-state index contributed by atoms with van der Waals surface area (Å²) in [5, 5.41) is 6.46. The molecule has 78 valence electrons. The summed E-state index contributed by atoms with van der Waals surface area (Å²) in [7, 11) is 0. The molecular formula is C13H9BrN2. The van der Waals surface area contributed by atoms with Crippen molar-refractivity contribution in [3.05, 3.63) is 46.9 Å². The molecule has 0 atom stereocenters. The zero-order valence-electron chi connectivity index (χ0n) is 8.52. The van der Waals surface area contributed by atoms with E-state index >= 15 is 0 Å². The first-order valence-electron chi connectivity index (χ1n) is 4.97. The van der Waals surface area contributed by atoms with Crippen LogP contribution in [0, 0.1) is 0 Å². The monoisotopic (exact) mass is 272 g/mol. The Hall–Kier alpha value is -1.61. The van der Waals surface area contributed by atoms with E-state index in [0.717, 1.165) is 15.5 Å². The lowest BCUT2D eigenvalue weighted by Gasteiger charge is -1.97. The second kappa shape index (κ2) is 3.46. The van der Waals surface area contributed by atoms with Crippen molar-refractivity contribution in [2.45, 2.75) is 0 Å². The highest BCUT2D eigenvalue weighted by molar-refractivity contribution is 9.10. The fourth-order valence-electron chi connectivity index (χ4n) is 2.08. The Morgan fingerprint density at radius 3 is 2.56 bits per heavy atom. The first-order chi connectivity index (χ1) is 7.81. The van der Waals surface area contributed by atoms with Crippen molar-refractivity contribution < 1.29 is 0 Å². The zero-order valence-corrected chi connectivity index (χ0v) is 10.1. The molecular weight excluding hydrogens is 264 g/mol. The Morgan fingerprint density at radius 2 is 1.75 bits per heavy atom. The Balaban J connectivity index is 2.64.